The molecule has 2 saturated carbocycles. The average molecular weight is 492 g/mol. The SMILES string of the molecule is O=C1CC[C@@]2(OCC(O)C(O)c3ccccc3)[C@H]3Cc4ccc(O)c5c4C2(CCN3CC2CC2)[C@H]1O5. The number of rotatable bonds is 7. The second-order valence-corrected chi connectivity index (χ2v) is 11.4. The van der Waals surface area contributed by atoms with Crippen molar-refractivity contribution in [1.29, 1.82) is 0 Å². The molecule has 1 spiro atoms. The van der Waals surface area contributed by atoms with Gasteiger partial charge in [0.25, 0.3) is 0 Å². The maximum Gasteiger partial charge on any atom is 0.174 e. The fraction of sp³-hybridized carbons (Fsp3) is 0.552. The van der Waals surface area contributed by atoms with Crippen LogP contribution in [0, 0.1) is 5.92 Å². The molecule has 36 heavy (non-hydrogen) atoms. The summed E-state index contributed by atoms with van der Waals surface area (Å²) in [5, 5.41) is 32.6. The van der Waals surface area contributed by atoms with Crippen molar-refractivity contribution >= 4 is 5.78 Å². The molecule has 2 heterocycles. The van der Waals surface area contributed by atoms with Gasteiger partial charge in [-0.1, -0.05) is 36.4 Å². The number of nitrogens with zero attached hydrogens (tertiary/aromatic N) is 1. The van der Waals surface area contributed by atoms with E-state index in [4.69, 9.17) is 9.47 Å². The number of carbonyl (C=O) groups is 1. The second-order valence-electron chi connectivity index (χ2n) is 11.4. The van der Waals surface area contributed by atoms with Crippen LogP contribution < -0.4 is 4.74 Å². The highest BCUT2D eigenvalue weighted by molar-refractivity contribution is 5.90. The van der Waals surface area contributed by atoms with Crippen molar-refractivity contribution in [3.63, 3.8) is 0 Å². The van der Waals surface area contributed by atoms with E-state index in [1.54, 1.807) is 18.2 Å². The highest BCUT2D eigenvalue weighted by Gasteiger charge is 2.74. The first kappa shape index (κ1) is 22.7. The number of phenolic OH excluding ortho intramolecular Hbond substituents is 1. The van der Waals surface area contributed by atoms with E-state index in [0.717, 1.165) is 30.6 Å². The average Bonchev–Trinajstić information content (AvgIpc) is 3.64. The van der Waals surface area contributed by atoms with Crippen LogP contribution in [0.15, 0.2) is 42.5 Å². The minimum atomic E-state index is -1.11. The number of aliphatic hydroxyl groups excluding tert-OH is 2. The molecule has 7 rings (SSSR count). The Balaban J connectivity index is 1.30. The van der Waals surface area contributed by atoms with E-state index in [2.05, 4.69) is 4.90 Å². The van der Waals surface area contributed by atoms with Gasteiger partial charge in [0.1, 0.15) is 12.2 Å². The zero-order chi connectivity index (χ0) is 24.7. The Morgan fingerprint density at radius 3 is 2.69 bits per heavy atom. The summed E-state index contributed by atoms with van der Waals surface area (Å²) in [6.45, 7) is 1.82. The van der Waals surface area contributed by atoms with Crippen molar-refractivity contribution in [2.75, 3.05) is 19.7 Å². The molecule has 7 heteroatoms. The molecule has 3 unspecified atom stereocenters. The van der Waals surface area contributed by atoms with Crippen molar-refractivity contribution in [3.8, 4) is 11.5 Å². The fourth-order valence-electron chi connectivity index (χ4n) is 7.73. The lowest BCUT2D eigenvalue weighted by Gasteiger charge is -2.64. The number of hydrogen-bond acceptors (Lipinski definition) is 7. The topological polar surface area (TPSA) is 99.5 Å². The second kappa shape index (κ2) is 8.02. The molecule has 0 aromatic heterocycles. The number of hydrogen-bond donors (Lipinski definition) is 3. The van der Waals surface area contributed by atoms with Crippen LogP contribution in [0.1, 0.15) is 54.9 Å². The molecular formula is C29H33NO6. The zero-order valence-electron chi connectivity index (χ0n) is 20.3. The maximum atomic E-state index is 13.3. The van der Waals surface area contributed by atoms with Gasteiger partial charge >= 0.3 is 0 Å². The Bertz CT molecular complexity index is 1200. The number of ether oxygens (including phenoxy) is 2. The van der Waals surface area contributed by atoms with Crippen molar-refractivity contribution in [1.82, 2.24) is 4.90 Å². The molecule has 190 valence electrons. The molecule has 3 N–H and O–H groups in total. The van der Waals surface area contributed by atoms with E-state index < -0.39 is 29.3 Å². The van der Waals surface area contributed by atoms with Gasteiger partial charge in [0, 0.05) is 24.6 Å². The van der Waals surface area contributed by atoms with Crippen LogP contribution in [0.2, 0.25) is 0 Å². The summed E-state index contributed by atoms with van der Waals surface area (Å²) in [6.07, 6.45) is 1.95. The molecule has 2 aliphatic heterocycles. The minimum absolute atomic E-state index is 0.0371. The molecule has 3 aliphatic carbocycles. The molecule has 5 aliphatic rings. The monoisotopic (exact) mass is 491 g/mol. The lowest BCUT2D eigenvalue weighted by atomic mass is 9.48. The van der Waals surface area contributed by atoms with Gasteiger partial charge in [-0.2, -0.15) is 0 Å². The van der Waals surface area contributed by atoms with Crippen LogP contribution in [0.25, 0.3) is 0 Å². The molecule has 2 bridgehead atoms. The predicted octanol–water partition coefficient (Wildman–Crippen LogP) is 2.64. The first-order valence-electron chi connectivity index (χ1n) is 13.3. The summed E-state index contributed by atoms with van der Waals surface area (Å²) < 4.78 is 13.1. The molecule has 0 amide bonds. The van der Waals surface area contributed by atoms with Gasteiger partial charge in [-0.05, 0) is 61.8 Å². The van der Waals surface area contributed by atoms with Crippen LogP contribution >= 0.6 is 0 Å². The number of piperidine rings is 1. The quantitative estimate of drug-likeness (QED) is 0.548. The Kier molecular flexibility index (Phi) is 5.06. The van der Waals surface area contributed by atoms with Gasteiger partial charge in [0.05, 0.1) is 17.6 Å². The Morgan fingerprint density at radius 2 is 1.92 bits per heavy atom. The van der Waals surface area contributed by atoms with E-state index in [-0.39, 0.29) is 24.2 Å². The smallest absolute Gasteiger partial charge is 0.174 e. The van der Waals surface area contributed by atoms with Gasteiger partial charge in [-0.3, -0.25) is 9.69 Å². The molecule has 6 atom stereocenters. The summed E-state index contributed by atoms with van der Waals surface area (Å²) >= 11 is 0. The third kappa shape index (κ3) is 3.03. The molecule has 7 nitrogen and oxygen atoms in total. The van der Waals surface area contributed by atoms with Gasteiger partial charge in [0.15, 0.2) is 23.4 Å². The van der Waals surface area contributed by atoms with Crippen LogP contribution in [0.4, 0.5) is 0 Å². The molecule has 1 saturated heterocycles. The third-order valence-electron chi connectivity index (χ3n) is 9.54. The van der Waals surface area contributed by atoms with Crippen molar-refractivity contribution in [2.24, 2.45) is 5.92 Å². The lowest BCUT2D eigenvalue weighted by Crippen LogP contribution is -2.77. The van der Waals surface area contributed by atoms with Crippen LogP contribution in [-0.2, 0) is 21.4 Å². The number of carbonyl (C=O) groups excluding carboxylic acids is 1. The number of Topliss-reactive ketones (excluding diaryl/α,β-unsaturated/α-hetero) is 1. The van der Waals surface area contributed by atoms with Crippen LogP contribution in [-0.4, -0.2) is 69.5 Å². The first-order valence-corrected chi connectivity index (χ1v) is 13.3. The van der Waals surface area contributed by atoms with E-state index in [1.165, 1.54) is 12.8 Å². The van der Waals surface area contributed by atoms with Crippen molar-refractivity contribution in [3.05, 3.63) is 59.2 Å². The largest absolute Gasteiger partial charge is 0.504 e. The predicted molar refractivity (Wildman–Crippen MR) is 131 cm³/mol. The molecule has 3 fully saturated rings. The molecule has 2 aromatic rings. The highest BCUT2D eigenvalue weighted by atomic mass is 16.5. The third-order valence-corrected chi connectivity index (χ3v) is 9.54. The lowest BCUT2D eigenvalue weighted by molar-refractivity contribution is -0.226. The van der Waals surface area contributed by atoms with E-state index in [9.17, 15) is 20.1 Å². The summed E-state index contributed by atoms with van der Waals surface area (Å²) in [5.74, 6) is 1.26. The number of phenols is 1. The van der Waals surface area contributed by atoms with Gasteiger partial charge in [-0.15, -0.1) is 0 Å². The Morgan fingerprint density at radius 1 is 1.11 bits per heavy atom. The first-order chi connectivity index (χ1) is 17.4. The summed E-state index contributed by atoms with van der Waals surface area (Å²) in [6, 6.07) is 12.8. The normalized spacial score (nSPS) is 34.1. The summed E-state index contributed by atoms with van der Waals surface area (Å²) in [7, 11) is 0. The summed E-state index contributed by atoms with van der Waals surface area (Å²) in [5.41, 5.74) is 1.24. The van der Waals surface area contributed by atoms with E-state index >= 15 is 0 Å². The highest BCUT2D eigenvalue weighted by Crippen LogP contribution is 2.66. The minimum Gasteiger partial charge on any atom is -0.504 e. The van der Waals surface area contributed by atoms with Gasteiger partial charge in [-0.25, -0.2) is 0 Å². The van der Waals surface area contributed by atoms with Gasteiger partial charge in [0.2, 0.25) is 0 Å². The summed E-state index contributed by atoms with van der Waals surface area (Å²) in [4.78, 5) is 15.9. The van der Waals surface area contributed by atoms with Gasteiger partial charge < -0.3 is 24.8 Å². The van der Waals surface area contributed by atoms with Crippen molar-refractivity contribution < 1.29 is 29.6 Å². The zero-order valence-corrected chi connectivity index (χ0v) is 20.3. The number of ketones is 1. The number of aromatic hydroxyl groups is 1. The fourth-order valence-corrected chi connectivity index (χ4v) is 7.73. The molecular weight excluding hydrogens is 458 g/mol. The van der Waals surface area contributed by atoms with Crippen LogP contribution in [0.3, 0.4) is 0 Å². The maximum absolute atomic E-state index is 13.3. The van der Waals surface area contributed by atoms with Crippen molar-refractivity contribution in [2.45, 2.75) is 73.9 Å². The Hall–Kier alpha value is -2.45. The van der Waals surface area contributed by atoms with E-state index in [1.807, 2.05) is 24.3 Å². The van der Waals surface area contributed by atoms with Crippen LogP contribution in [0.5, 0.6) is 11.5 Å². The standard InChI is InChI=1S/C29H33NO6/c31-20-9-8-19-14-23-29(35-16-22(33)25(34)18-4-2-1-3-5-18)11-10-21(32)27-28(29,24(19)26(20)36-27)12-13-30(23)15-17-6-7-17/h1-5,8-9,17,22-23,25,27,31,33-34H,6-7,10-16H2/t22?,23-,25?,27+,28?,29-/m1/s1. The number of benzene rings is 2. The number of likely N-dealkylation sites (tertiary alicyclic amines) is 1. The Labute approximate surface area is 210 Å². The molecule has 0 radical (unpaired) electrons. The van der Waals surface area contributed by atoms with E-state index in [0.29, 0.717) is 36.5 Å². The molecule has 2 aromatic carbocycles. The number of aliphatic hydroxyl groups is 2.